The number of nitrogens with zero attached hydrogens (tertiary/aromatic N) is 4. The van der Waals surface area contributed by atoms with Gasteiger partial charge in [0.15, 0.2) is 10.8 Å². The molecule has 4 aliphatic rings. The molecular formula is C22H27F2N5O6S2. The van der Waals surface area contributed by atoms with Gasteiger partial charge in [0.2, 0.25) is 10.0 Å². The summed E-state index contributed by atoms with van der Waals surface area (Å²) in [6, 6.07) is -0.764. The number of hydrogen-bond acceptors (Lipinski definition) is 10. The number of nitrogens with one attached hydrogen (secondary N) is 1. The Hall–Kier alpha value is -2.49. The zero-order chi connectivity index (χ0) is 26.5. The average Bonchev–Trinajstić information content (AvgIpc) is 3.51. The first-order chi connectivity index (χ1) is 17.5. The second-order valence-electron chi connectivity index (χ2n) is 9.64. The van der Waals surface area contributed by atoms with Crippen molar-refractivity contribution in [1.29, 1.82) is 0 Å². The van der Waals surface area contributed by atoms with Gasteiger partial charge < -0.3 is 15.2 Å². The van der Waals surface area contributed by atoms with Crippen LogP contribution in [0.3, 0.4) is 0 Å². The van der Waals surface area contributed by atoms with Gasteiger partial charge in [0.05, 0.1) is 42.4 Å². The molecular weight excluding hydrogens is 532 g/mol. The number of sulfonamides is 1. The van der Waals surface area contributed by atoms with E-state index in [1.54, 1.807) is 18.5 Å². The highest BCUT2D eigenvalue weighted by atomic mass is 32.2. The van der Waals surface area contributed by atoms with Gasteiger partial charge in [-0.05, 0) is 19.8 Å². The highest BCUT2D eigenvalue weighted by Gasteiger charge is 2.60. The third-order valence-corrected chi connectivity index (χ3v) is 10.5. The number of aliphatic imine (C=N–C) groups is 1. The lowest BCUT2D eigenvalue weighted by atomic mass is 9.85. The van der Waals surface area contributed by atoms with E-state index >= 15 is 8.78 Å². The van der Waals surface area contributed by atoms with E-state index < -0.39 is 57.6 Å². The monoisotopic (exact) mass is 559 g/mol. The van der Waals surface area contributed by atoms with Gasteiger partial charge in [-0.3, -0.25) is 14.7 Å². The van der Waals surface area contributed by atoms with E-state index in [0.717, 1.165) is 4.31 Å². The predicted molar refractivity (Wildman–Crippen MR) is 129 cm³/mol. The van der Waals surface area contributed by atoms with E-state index in [0.29, 0.717) is 16.5 Å². The van der Waals surface area contributed by atoms with Crippen LogP contribution in [0, 0.1) is 11.8 Å². The molecule has 2 saturated heterocycles. The summed E-state index contributed by atoms with van der Waals surface area (Å²) in [6.45, 7) is 0.737. The molecule has 11 nitrogen and oxygen atoms in total. The number of aliphatic carboxylic acids is 1. The van der Waals surface area contributed by atoms with E-state index in [1.807, 2.05) is 0 Å². The molecule has 3 aliphatic heterocycles. The van der Waals surface area contributed by atoms with E-state index in [4.69, 9.17) is 9.84 Å². The van der Waals surface area contributed by atoms with Crippen molar-refractivity contribution in [2.45, 2.75) is 37.0 Å². The Kier molecular flexibility index (Phi) is 6.83. The normalized spacial score (nSPS) is 29.9. The number of likely N-dealkylation sites (tertiary alicyclic amines) is 1. The summed E-state index contributed by atoms with van der Waals surface area (Å²) in [7, 11) is -3.90. The van der Waals surface area contributed by atoms with Crippen LogP contribution < -0.4 is 5.32 Å². The van der Waals surface area contributed by atoms with Crippen molar-refractivity contribution in [2.24, 2.45) is 16.8 Å². The third-order valence-electron chi connectivity index (χ3n) is 7.45. The number of carboxylic acid groups (broad SMARTS) is 1. The largest absolute Gasteiger partial charge is 0.481 e. The summed E-state index contributed by atoms with van der Waals surface area (Å²) in [5, 5.41) is 13.6. The molecule has 0 radical (unpaired) electrons. The standard InChI is InChI=1S/C22H27F2N5O6S2/c1-2-35-21(32)14-7-26-18(19-25-3-4-36-19)27-16(14)9-28-11-22(23,24)15-8-29(10-17(15)28)37(33,34)13-5-12(6-13)20(30)31/h3-4,12-13,15,17H,2,5-11H2,1H3,(H,26,27)(H,30,31)/t12-,13-,15-,17+/m1/s1. The van der Waals surface area contributed by atoms with Crippen molar-refractivity contribution in [3.05, 3.63) is 27.9 Å². The first kappa shape index (κ1) is 26.1. The number of rotatable bonds is 8. The molecule has 15 heteroatoms. The Balaban J connectivity index is 1.35. The summed E-state index contributed by atoms with van der Waals surface area (Å²) < 4.78 is 62.6. The summed E-state index contributed by atoms with van der Waals surface area (Å²) in [6.07, 6.45) is 1.58. The van der Waals surface area contributed by atoms with Gasteiger partial charge in [-0.1, -0.05) is 0 Å². The third kappa shape index (κ3) is 4.77. The number of aromatic nitrogens is 1. The molecule has 0 aromatic carbocycles. The van der Waals surface area contributed by atoms with Crippen molar-refractivity contribution in [3.63, 3.8) is 0 Å². The van der Waals surface area contributed by atoms with Crippen LogP contribution in [0.15, 0.2) is 27.8 Å². The maximum Gasteiger partial charge on any atom is 0.337 e. The fourth-order valence-corrected chi connectivity index (χ4v) is 8.06. The molecule has 37 heavy (non-hydrogen) atoms. The quantitative estimate of drug-likeness (QED) is 0.442. The fourth-order valence-electron chi connectivity index (χ4n) is 5.36. The van der Waals surface area contributed by atoms with Gasteiger partial charge in [0.25, 0.3) is 5.92 Å². The first-order valence-corrected chi connectivity index (χ1v) is 14.3. The van der Waals surface area contributed by atoms with Crippen molar-refractivity contribution in [1.82, 2.24) is 19.5 Å². The number of halogens is 2. The summed E-state index contributed by atoms with van der Waals surface area (Å²) in [5.74, 6) is -6.28. The zero-order valence-corrected chi connectivity index (χ0v) is 21.6. The minimum Gasteiger partial charge on any atom is -0.481 e. The van der Waals surface area contributed by atoms with Crippen LogP contribution >= 0.6 is 11.3 Å². The molecule has 1 aromatic heterocycles. The molecule has 5 rings (SSSR count). The molecule has 2 N–H and O–H groups in total. The van der Waals surface area contributed by atoms with Gasteiger partial charge in [-0.2, -0.15) is 4.31 Å². The van der Waals surface area contributed by atoms with Crippen molar-refractivity contribution in [2.75, 3.05) is 39.3 Å². The molecule has 4 heterocycles. The summed E-state index contributed by atoms with van der Waals surface area (Å²) in [5.41, 5.74) is 0.602. The molecule has 1 saturated carbocycles. The van der Waals surface area contributed by atoms with Crippen molar-refractivity contribution >= 4 is 39.1 Å². The Morgan fingerprint density at radius 1 is 1.32 bits per heavy atom. The van der Waals surface area contributed by atoms with E-state index in [9.17, 15) is 18.0 Å². The van der Waals surface area contributed by atoms with E-state index in [2.05, 4.69) is 15.3 Å². The molecule has 0 spiro atoms. The number of thiazole rings is 1. The van der Waals surface area contributed by atoms with Crippen molar-refractivity contribution < 1.29 is 36.6 Å². The Morgan fingerprint density at radius 2 is 2.08 bits per heavy atom. The number of carbonyl (C=O) groups is 2. The minimum atomic E-state index is -3.90. The van der Waals surface area contributed by atoms with E-state index in [-0.39, 0.29) is 51.2 Å². The molecule has 0 bridgehead atoms. The van der Waals surface area contributed by atoms with Gasteiger partial charge in [0, 0.05) is 43.0 Å². The van der Waals surface area contributed by atoms with Crippen LogP contribution in [-0.2, 0) is 24.3 Å². The molecule has 3 fully saturated rings. The highest BCUT2D eigenvalue weighted by molar-refractivity contribution is 7.89. The van der Waals surface area contributed by atoms with Gasteiger partial charge in [0.1, 0.15) is 0 Å². The van der Waals surface area contributed by atoms with Crippen molar-refractivity contribution in [3.8, 4) is 0 Å². The number of esters is 1. The molecule has 1 aromatic rings. The molecule has 202 valence electrons. The van der Waals surface area contributed by atoms with Crippen LogP contribution in [0.1, 0.15) is 24.8 Å². The Morgan fingerprint density at radius 3 is 2.73 bits per heavy atom. The number of carboxylic acids is 1. The lowest BCUT2D eigenvalue weighted by Gasteiger charge is -2.35. The summed E-state index contributed by atoms with van der Waals surface area (Å²) >= 11 is 1.34. The number of hydrogen-bond donors (Lipinski definition) is 2. The average molecular weight is 560 g/mol. The van der Waals surface area contributed by atoms with Crippen LogP contribution in [-0.4, -0.2) is 102 Å². The first-order valence-electron chi connectivity index (χ1n) is 12.0. The maximum atomic E-state index is 15.1. The van der Waals surface area contributed by atoms with Crippen LogP contribution in [0.4, 0.5) is 8.78 Å². The number of alkyl halides is 2. The smallest absolute Gasteiger partial charge is 0.337 e. The van der Waals surface area contributed by atoms with Crippen LogP contribution in [0.2, 0.25) is 0 Å². The second-order valence-corrected chi connectivity index (χ2v) is 12.7. The molecule has 0 unspecified atom stereocenters. The van der Waals surface area contributed by atoms with Crippen LogP contribution in [0.25, 0.3) is 0 Å². The molecule has 1 aliphatic carbocycles. The number of ether oxygens (including phenoxy) is 1. The zero-order valence-electron chi connectivity index (χ0n) is 20.0. The molecule has 2 atom stereocenters. The topological polar surface area (TPSA) is 142 Å². The lowest BCUT2D eigenvalue weighted by molar-refractivity contribution is -0.144. The predicted octanol–water partition coefficient (Wildman–Crippen LogP) is 0.754. The summed E-state index contributed by atoms with van der Waals surface area (Å²) in [4.78, 5) is 33.8. The lowest BCUT2D eigenvalue weighted by Crippen LogP contribution is -2.48. The van der Waals surface area contributed by atoms with Gasteiger partial charge in [-0.25, -0.2) is 27.0 Å². The number of fused-ring (bicyclic) bond motifs is 1. The SMILES string of the molecule is CCOC(=O)C1=C(CN2CC(F)(F)[C@@H]3CN(S(=O)(=O)[C@H]4C[C@H](C(=O)O)C4)C[C@@H]32)NC(c2nccs2)=NC1. The number of amidine groups is 1. The number of carbonyl (C=O) groups excluding carboxylic acids is 1. The Labute approximate surface area is 216 Å². The van der Waals surface area contributed by atoms with Gasteiger partial charge >= 0.3 is 11.9 Å². The fraction of sp³-hybridized carbons (Fsp3) is 0.636. The highest BCUT2D eigenvalue weighted by Crippen LogP contribution is 2.45. The maximum absolute atomic E-state index is 15.1. The van der Waals surface area contributed by atoms with Crippen LogP contribution in [0.5, 0.6) is 0 Å². The van der Waals surface area contributed by atoms with E-state index in [1.165, 1.54) is 16.2 Å². The van der Waals surface area contributed by atoms with Gasteiger partial charge in [-0.15, -0.1) is 11.3 Å². The molecule has 0 amide bonds. The Bertz CT molecular complexity index is 1250. The minimum absolute atomic E-state index is 0.00133. The second kappa shape index (κ2) is 9.67.